The highest BCUT2D eigenvalue weighted by molar-refractivity contribution is 5.74. The van der Waals surface area contributed by atoms with Gasteiger partial charge in [0.2, 0.25) is 0 Å². The van der Waals surface area contributed by atoms with E-state index >= 15 is 0 Å². The van der Waals surface area contributed by atoms with Gasteiger partial charge in [0.25, 0.3) is 0 Å². The van der Waals surface area contributed by atoms with Gasteiger partial charge in [-0.2, -0.15) is 0 Å². The van der Waals surface area contributed by atoms with E-state index in [9.17, 15) is 4.79 Å². The van der Waals surface area contributed by atoms with Crippen LogP contribution in [0.2, 0.25) is 0 Å². The third-order valence-corrected chi connectivity index (χ3v) is 3.44. The molecule has 1 atom stereocenters. The second kappa shape index (κ2) is 5.87. The molecular formula is C14H21N3O. The van der Waals surface area contributed by atoms with Crippen LogP contribution in [0.5, 0.6) is 0 Å². The Morgan fingerprint density at radius 3 is 2.67 bits per heavy atom. The van der Waals surface area contributed by atoms with Crippen molar-refractivity contribution in [2.45, 2.75) is 19.5 Å². The lowest BCUT2D eigenvalue weighted by atomic mass is 10.1. The number of rotatable bonds is 2. The SMILES string of the molecule is CNC(=O)N1CCN(Cc2ccccc2)CC1C. The molecule has 1 saturated heterocycles. The van der Waals surface area contributed by atoms with E-state index in [1.807, 2.05) is 11.0 Å². The second-order valence-corrected chi connectivity index (χ2v) is 4.82. The molecule has 1 aromatic carbocycles. The summed E-state index contributed by atoms with van der Waals surface area (Å²) >= 11 is 0. The van der Waals surface area contributed by atoms with Gasteiger partial charge in [-0.05, 0) is 12.5 Å². The molecule has 1 unspecified atom stereocenters. The van der Waals surface area contributed by atoms with E-state index in [1.54, 1.807) is 7.05 Å². The highest BCUT2D eigenvalue weighted by Gasteiger charge is 2.26. The van der Waals surface area contributed by atoms with Crippen LogP contribution < -0.4 is 5.32 Å². The summed E-state index contributed by atoms with van der Waals surface area (Å²) in [7, 11) is 1.69. The first-order valence-corrected chi connectivity index (χ1v) is 6.45. The molecule has 4 nitrogen and oxygen atoms in total. The number of amides is 2. The average molecular weight is 247 g/mol. The summed E-state index contributed by atoms with van der Waals surface area (Å²) in [5, 5.41) is 2.70. The van der Waals surface area contributed by atoms with E-state index in [0.717, 1.165) is 26.2 Å². The first-order chi connectivity index (χ1) is 8.70. The minimum atomic E-state index is 0.0295. The van der Waals surface area contributed by atoms with E-state index in [1.165, 1.54) is 5.56 Å². The average Bonchev–Trinajstić information content (AvgIpc) is 2.39. The Morgan fingerprint density at radius 2 is 2.06 bits per heavy atom. The highest BCUT2D eigenvalue weighted by Crippen LogP contribution is 2.12. The number of urea groups is 1. The van der Waals surface area contributed by atoms with Gasteiger partial charge in [0, 0.05) is 39.3 Å². The molecule has 2 rings (SSSR count). The van der Waals surface area contributed by atoms with Gasteiger partial charge in [-0.3, -0.25) is 4.90 Å². The summed E-state index contributed by atoms with van der Waals surface area (Å²) in [5.41, 5.74) is 1.33. The molecule has 0 saturated carbocycles. The van der Waals surface area contributed by atoms with Crippen molar-refractivity contribution in [2.75, 3.05) is 26.7 Å². The topological polar surface area (TPSA) is 35.6 Å². The zero-order valence-corrected chi connectivity index (χ0v) is 11.1. The van der Waals surface area contributed by atoms with Crippen LogP contribution in [0.4, 0.5) is 4.79 Å². The highest BCUT2D eigenvalue weighted by atomic mass is 16.2. The Bertz CT molecular complexity index is 393. The normalized spacial score (nSPS) is 20.8. The van der Waals surface area contributed by atoms with E-state index < -0.39 is 0 Å². The van der Waals surface area contributed by atoms with E-state index in [4.69, 9.17) is 0 Å². The quantitative estimate of drug-likeness (QED) is 0.860. The number of nitrogens with zero attached hydrogens (tertiary/aromatic N) is 2. The van der Waals surface area contributed by atoms with Gasteiger partial charge in [-0.25, -0.2) is 4.79 Å². The number of nitrogens with one attached hydrogen (secondary N) is 1. The summed E-state index contributed by atoms with van der Waals surface area (Å²) in [6.45, 7) is 5.74. The monoisotopic (exact) mass is 247 g/mol. The first kappa shape index (κ1) is 12.9. The fourth-order valence-electron chi connectivity index (χ4n) is 2.46. The maximum Gasteiger partial charge on any atom is 0.317 e. The van der Waals surface area contributed by atoms with Crippen molar-refractivity contribution in [3.63, 3.8) is 0 Å². The number of hydrogen-bond donors (Lipinski definition) is 1. The molecule has 0 aromatic heterocycles. The fraction of sp³-hybridized carbons (Fsp3) is 0.500. The summed E-state index contributed by atoms with van der Waals surface area (Å²) in [5.74, 6) is 0. The van der Waals surface area contributed by atoms with E-state index in [-0.39, 0.29) is 12.1 Å². The molecule has 98 valence electrons. The summed E-state index contributed by atoms with van der Waals surface area (Å²) < 4.78 is 0. The zero-order chi connectivity index (χ0) is 13.0. The number of piperazine rings is 1. The maximum absolute atomic E-state index is 11.6. The molecular weight excluding hydrogens is 226 g/mol. The summed E-state index contributed by atoms with van der Waals surface area (Å²) in [4.78, 5) is 15.9. The minimum Gasteiger partial charge on any atom is -0.341 e. The van der Waals surface area contributed by atoms with Gasteiger partial charge in [-0.1, -0.05) is 30.3 Å². The lowest BCUT2D eigenvalue weighted by Gasteiger charge is -2.39. The van der Waals surface area contributed by atoms with Crippen LogP contribution in [0.25, 0.3) is 0 Å². The van der Waals surface area contributed by atoms with Crippen LogP contribution in [-0.4, -0.2) is 48.6 Å². The smallest absolute Gasteiger partial charge is 0.317 e. The van der Waals surface area contributed by atoms with Gasteiger partial charge >= 0.3 is 6.03 Å². The number of benzene rings is 1. The standard InChI is InChI=1S/C14H21N3O/c1-12-10-16(8-9-17(12)14(18)15-2)11-13-6-4-3-5-7-13/h3-7,12H,8-11H2,1-2H3,(H,15,18). The van der Waals surface area contributed by atoms with Crippen molar-refractivity contribution in [3.8, 4) is 0 Å². The molecule has 4 heteroatoms. The molecule has 0 aliphatic carbocycles. The van der Waals surface area contributed by atoms with E-state index in [2.05, 4.69) is 41.4 Å². The van der Waals surface area contributed by atoms with Crippen molar-refractivity contribution in [2.24, 2.45) is 0 Å². The van der Waals surface area contributed by atoms with Gasteiger partial charge < -0.3 is 10.2 Å². The molecule has 0 spiro atoms. The molecule has 18 heavy (non-hydrogen) atoms. The Kier molecular flexibility index (Phi) is 4.20. The molecule has 1 aromatic rings. The first-order valence-electron chi connectivity index (χ1n) is 6.45. The Labute approximate surface area is 109 Å². The van der Waals surface area contributed by atoms with Crippen LogP contribution in [0, 0.1) is 0 Å². The van der Waals surface area contributed by atoms with Crippen LogP contribution in [0.15, 0.2) is 30.3 Å². The summed E-state index contributed by atoms with van der Waals surface area (Å²) in [6.07, 6.45) is 0. The lowest BCUT2D eigenvalue weighted by molar-refractivity contribution is 0.0985. The molecule has 1 heterocycles. The van der Waals surface area contributed by atoms with Gasteiger partial charge in [-0.15, -0.1) is 0 Å². The number of carbonyl (C=O) groups is 1. The third kappa shape index (κ3) is 3.01. The Morgan fingerprint density at radius 1 is 1.33 bits per heavy atom. The second-order valence-electron chi connectivity index (χ2n) is 4.82. The molecule has 1 N–H and O–H groups in total. The predicted octanol–water partition coefficient (Wildman–Crippen LogP) is 1.53. The van der Waals surface area contributed by atoms with Crippen molar-refractivity contribution in [1.82, 2.24) is 15.1 Å². The number of carbonyl (C=O) groups excluding carboxylic acids is 1. The van der Waals surface area contributed by atoms with Crippen LogP contribution in [0.3, 0.4) is 0 Å². The Balaban J connectivity index is 1.90. The Hall–Kier alpha value is -1.55. The zero-order valence-electron chi connectivity index (χ0n) is 11.1. The van der Waals surface area contributed by atoms with Crippen molar-refractivity contribution >= 4 is 6.03 Å². The third-order valence-electron chi connectivity index (χ3n) is 3.44. The molecule has 1 aliphatic rings. The molecule has 0 radical (unpaired) electrons. The maximum atomic E-state index is 11.6. The molecule has 2 amide bonds. The number of hydrogen-bond acceptors (Lipinski definition) is 2. The van der Waals surface area contributed by atoms with Crippen LogP contribution >= 0.6 is 0 Å². The van der Waals surface area contributed by atoms with Crippen LogP contribution in [0.1, 0.15) is 12.5 Å². The van der Waals surface area contributed by atoms with E-state index in [0.29, 0.717) is 0 Å². The van der Waals surface area contributed by atoms with Crippen molar-refractivity contribution in [1.29, 1.82) is 0 Å². The van der Waals surface area contributed by atoms with Crippen LogP contribution in [-0.2, 0) is 6.54 Å². The van der Waals surface area contributed by atoms with Gasteiger partial charge in [0.05, 0.1) is 0 Å². The molecule has 1 aliphatic heterocycles. The van der Waals surface area contributed by atoms with Crippen molar-refractivity contribution in [3.05, 3.63) is 35.9 Å². The lowest BCUT2D eigenvalue weighted by Crippen LogP contribution is -2.55. The largest absolute Gasteiger partial charge is 0.341 e. The summed E-state index contributed by atoms with van der Waals surface area (Å²) in [6, 6.07) is 10.8. The fourth-order valence-corrected chi connectivity index (χ4v) is 2.46. The molecule has 1 fully saturated rings. The minimum absolute atomic E-state index is 0.0295. The van der Waals surface area contributed by atoms with Gasteiger partial charge in [0.15, 0.2) is 0 Å². The van der Waals surface area contributed by atoms with Gasteiger partial charge in [0.1, 0.15) is 0 Å². The van der Waals surface area contributed by atoms with Crippen molar-refractivity contribution < 1.29 is 4.79 Å². The molecule has 0 bridgehead atoms. The predicted molar refractivity (Wildman–Crippen MR) is 72.3 cm³/mol.